The van der Waals surface area contributed by atoms with Gasteiger partial charge in [0.15, 0.2) is 0 Å². The third-order valence-corrected chi connectivity index (χ3v) is 5.73. The number of carbonyl (C=O) groups excluding carboxylic acids is 2. The van der Waals surface area contributed by atoms with Crippen LogP contribution in [0, 0.1) is 5.92 Å². The zero-order valence-corrected chi connectivity index (χ0v) is 20.1. The first-order chi connectivity index (χ1) is 16.6. The Morgan fingerprint density at radius 2 is 1.64 bits per heavy atom. The Labute approximate surface area is 204 Å². The van der Waals surface area contributed by atoms with E-state index in [1.807, 2.05) is 29.9 Å². The smallest absolute Gasteiger partial charge is 0.353 e. The van der Waals surface area contributed by atoms with Gasteiger partial charge >= 0.3 is 18.4 Å². The maximum atomic E-state index is 13.2. The monoisotopic (exact) mass is 518 g/mol. The second kappa shape index (κ2) is 10.4. The van der Waals surface area contributed by atoms with Gasteiger partial charge in [-0.2, -0.15) is 26.3 Å². The largest absolute Gasteiger partial charge is 0.416 e. The number of aromatic nitrogens is 1. The molecule has 6 nitrogen and oxygen atoms in total. The van der Waals surface area contributed by atoms with Gasteiger partial charge in [-0.15, -0.1) is 0 Å². The van der Waals surface area contributed by atoms with E-state index in [0.29, 0.717) is 18.7 Å². The molecule has 0 radical (unpaired) electrons. The van der Waals surface area contributed by atoms with Crippen LogP contribution in [-0.2, 0) is 30.7 Å². The number of halogens is 6. The number of hydrogen-bond donors (Lipinski definition) is 1. The van der Waals surface area contributed by atoms with Crippen molar-refractivity contribution in [2.45, 2.75) is 51.6 Å². The van der Waals surface area contributed by atoms with E-state index in [1.54, 1.807) is 18.7 Å². The minimum absolute atomic E-state index is 0.0117. The van der Waals surface area contributed by atoms with Crippen molar-refractivity contribution in [3.63, 3.8) is 0 Å². The van der Waals surface area contributed by atoms with Gasteiger partial charge in [-0.25, -0.2) is 4.79 Å². The summed E-state index contributed by atoms with van der Waals surface area (Å²) in [4.78, 5) is 28.9. The van der Waals surface area contributed by atoms with Crippen molar-refractivity contribution in [1.29, 1.82) is 0 Å². The third-order valence-electron chi connectivity index (χ3n) is 5.73. The molecular formula is C24H28F6N4O2. The van der Waals surface area contributed by atoms with Crippen molar-refractivity contribution in [1.82, 2.24) is 14.4 Å². The number of anilines is 1. The highest BCUT2D eigenvalue weighted by atomic mass is 19.4. The zero-order valence-electron chi connectivity index (χ0n) is 20.1. The van der Waals surface area contributed by atoms with Crippen molar-refractivity contribution in [2.75, 3.05) is 18.4 Å². The Morgan fingerprint density at radius 3 is 2.08 bits per heavy atom. The Kier molecular flexibility index (Phi) is 7.94. The molecule has 1 N–H and O–H groups in total. The predicted octanol–water partition coefficient (Wildman–Crippen LogP) is 5.74. The molecule has 1 aliphatic rings. The van der Waals surface area contributed by atoms with Gasteiger partial charge in [0.25, 0.3) is 0 Å². The van der Waals surface area contributed by atoms with Crippen LogP contribution in [0.15, 0.2) is 36.5 Å². The van der Waals surface area contributed by atoms with E-state index in [9.17, 15) is 35.9 Å². The van der Waals surface area contributed by atoms with Crippen molar-refractivity contribution in [3.05, 3.63) is 53.3 Å². The highest BCUT2D eigenvalue weighted by Crippen LogP contribution is 2.37. The zero-order chi connectivity index (χ0) is 26.8. The normalized spacial score (nSPS) is 14.2. The molecule has 12 heteroatoms. The number of amides is 3. The van der Waals surface area contributed by atoms with Crippen LogP contribution >= 0.6 is 0 Å². The molecule has 0 unspecified atom stereocenters. The van der Waals surface area contributed by atoms with Gasteiger partial charge in [0, 0.05) is 37.2 Å². The predicted molar refractivity (Wildman–Crippen MR) is 121 cm³/mol. The number of hydrogen-bond acceptors (Lipinski definition) is 2. The molecule has 0 spiro atoms. The van der Waals surface area contributed by atoms with Gasteiger partial charge in [-0.05, 0) is 49.1 Å². The molecular weight excluding hydrogens is 490 g/mol. The Hall–Kier alpha value is -3.18. The molecule has 1 aromatic carbocycles. The first kappa shape index (κ1) is 27.4. The first-order valence-electron chi connectivity index (χ1n) is 11.4. The Bertz CT molecular complexity index is 1060. The Morgan fingerprint density at radius 1 is 1.06 bits per heavy atom. The molecule has 1 heterocycles. The topological polar surface area (TPSA) is 57.6 Å². The van der Waals surface area contributed by atoms with Crippen LogP contribution in [0.3, 0.4) is 0 Å². The number of alkyl halides is 6. The van der Waals surface area contributed by atoms with E-state index in [1.165, 1.54) is 0 Å². The molecule has 1 fully saturated rings. The summed E-state index contributed by atoms with van der Waals surface area (Å²) in [6, 6.07) is 3.64. The van der Waals surface area contributed by atoms with Crippen molar-refractivity contribution >= 4 is 17.6 Å². The summed E-state index contributed by atoms with van der Waals surface area (Å²) in [7, 11) is 1.84. The molecule has 1 aliphatic carbocycles. The van der Waals surface area contributed by atoms with Gasteiger partial charge in [-0.3, -0.25) is 4.79 Å². The van der Waals surface area contributed by atoms with Crippen LogP contribution in [0.25, 0.3) is 0 Å². The molecule has 1 aromatic heterocycles. The summed E-state index contributed by atoms with van der Waals surface area (Å²) in [5.41, 5.74) is -2.85. The average molecular weight is 519 g/mol. The van der Waals surface area contributed by atoms with Crippen LogP contribution in [0.1, 0.15) is 43.5 Å². The molecule has 3 rings (SSSR count). The van der Waals surface area contributed by atoms with E-state index >= 15 is 0 Å². The van der Waals surface area contributed by atoms with Gasteiger partial charge in [0.1, 0.15) is 6.54 Å². The third kappa shape index (κ3) is 7.17. The van der Waals surface area contributed by atoms with E-state index < -0.39 is 35.2 Å². The summed E-state index contributed by atoms with van der Waals surface area (Å²) in [6.45, 7) is 3.59. The van der Waals surface area contributed by atoms with Gasteiger partial charge in [-0.1, -0.05) is 13.8 Å². The number of nitrogens with one attached hydrogen (secondary N) is 1. The minimum atomic E-state index is -5.05. The summed E-state index contributed by atoms with van der Waals surface area (Å²) in [5.74, 6) is -0.465. The standard InChI is InChI=1S/C24H28F6N4O2/c1-15(2)12-33(14-21(35)34(19-6-7-19)13-20-5-4-8-32(20)3)22(36)31-18-10-16(23(25,26)27)9-17(11-18)24(28,29)30/h4-5,8-11,15,19H,6-7,12-14H2,1-3H3,(H,31,36). The van der Waals surface area contributed by atoms with Crippen LogP contribution < -0.4 is 5.32 Å². The number of carbonyl (C=O) groups is 2. The fourth-order valence-corrected chi connectivity index (χ4v) is 3.79. The van der Waals surface area contributed by atoms with E-state index in [-0.39, 0.29) is 37.0 Å². The van der Waals surface area contributed by atoms with Gasteiger partial charge in [0.05, 0.1) is 17.7 Å². The fraction of sp³-hybridized carbons (Fsp3) is 0.500. The number of urea groups is 1. The van der Waals surface area contributed by atoms with E-state index in [2.05, 4.69) is 5.32 Å². The highest BCUT2D eigenvalue weighted by molar-refractivity contribution is 5.92. The number of benzene rings is 1. The number of rotatable bonds is 8. The highest BCUT2D eigenvalue weighted by Gasteiger charge is 2.38. The second-order valence-corrected chi connectivity index (χ2v) is 9.36. The summed E-state index contributed by atoms with van der Waals surface area (Å²) in [6.07, 6.45) is -6.62. The molecule has 0 aliphatic heterocycles. The van der Waals surface area contributed by atoms with Gasteiger partial charge < -0.3 is 19.7 Å². The Balaban J connectivity index is 1.81. The van der Waals surface area contributed by atoms with E-state index in [0.717, 1.165) is 23.4 Å². The SMILES string of the molecule is CC(C)CN(CC(=O)N(Cc1cccn1C)C1CC1)C(=O)Nc1cc(C(F)(F)F)cc(C(F)(F)F)c1. The van der Waals surface area contributed by atoms with Gasteiger partial charge in [0.2, 0.25) is 5.91 Å². The lowest BCUT2D eigenvalue weighted by atomic mass is 10.1. The lowest BCUT2D eigenvalue weighted by molar-refractivity contribution is -0.143. The molecule has 0 atom stereocenters. The number of nitrogens with zero attached hydrogens (tertiary/aromatic N) is 3. The lowest BCUT2D eigenvalue weighted by Gasteiger charge is -2.29. The molecule has 198 valence electrons. The van der Waals surface area contributed by atoms with E-state index in [4.69, 9.17) is 0 Å². The summed E-state index contributed by atoms with van der Waals surface area (Å²) < 4.78 is 81.0. The maximum absolute atomic E-state index is 13.2. The quantitative estimate of drug-likeness (QED) is 0.453. The average Bonchev–Trinajstić information content (AvgIpc) is 3.51. The number of aryl methyl sites for hydroxylation is 1. The summed E-state index contributed by atoms with van der Waals surface area (Å²) >= 11 is 0. The molecule has 3 amide bonds. The lowest BCUT2D eigenvalue weighted by Crippen LogP contribution is -2.46. The molecule has 36 heavy (non-hydrogen) atoms. The van der Waals surface area contributed by atoms with Crippen LogP contribution in [0.2, 0.25) is 0 Å². The second-order valence-electron chi connectivity index (χ2n) is 9.36. The molecule has 2 aromatic rings. The fourth-order valence-electron chi connectivity index (χ4n) is 3.79. The van der Waals surface area contributed by atoms with Crippen LogP contribution in [0.4, 0.5) is 36.8 Å². The maximum Gasteiger partial charge on any atom is 0.416 e. The summed E-state index contributed by atoms with van der Waals surface area (Å²) in [5, 5.41) is 2.13. The minimum Gasteiger partial charge on any atom is -0.353 e. The molecule has 0 bridgehead atoms. The van der Waals surface area contributed by atoms with Crippen molar-refractivity contribution < 1.29 is 35.9 Å². The van der Waals surface area contributed by atoms with Crippen LogP contribution in [0.5, 0.6) is 0 Å². The molecule has 1 saturated carbocycles. The molecule has 0 saturated heterocycles. The first-order valence-corrected chi connectivity index (χ1v) is 11.4. The van der Waals surface area contributed by atoms with Crippen molar-refractivity contribution in [3.8, 4) is 0 Å². The van der Waals surface area contributed by atoms with Crippen molar-refractivity contribution in [2.24, 2.45) is 13.0 Å². The van der Waals surface area contributed by atoms with Crippen LogP contribution in [-0.4, -0.2) is 45.4 Å².